The molecule has 0 atom stereocenters. The normalized spacial score (nSPS) is 10.2. The second-order valence-corrected chi connectivity index (χ2v) is 3.13. The summed E-state index contributed by atoms with van der Waals surface area (Å²) in [6.45, 7) is 4.74. The third-order valence-corrected chi connectivity index (χ3v) is 2.09. The van der Waals surface area contributed by atoms with Gasteiger partial charge in [0.25, 0.3) is 0 Å². The summed E-state index contributed by atoms with van der Waals surface area (Å²) in [6.07, 6.45) is 1.31. The fraction of sp³-hybridized carbons (Fsp3) is 0.500. The van der Waals surface area contributed by atoms with Gasteiger partial charge in [-0.15, -0.1) is 0 Å². The Labute approximate surface area is 89.2 Å². The van der Waals surface area contributed by atoms with Crippen LogP contribution in [0.5, 0.6) is 0 Å². The molecule has 0 saturated carbocycles. The number of ether oxygens (including phenoxy) is 1. The summed E-state index contributed by atoms with van der Waals surface area (Å²) in [5, 5.41) is 3.16. The number of aromatic nitrogens is 1. The Morgan fingerprint density at radius 3 is 3.13 bits per heavy atom. The van der Waals surface area contributed by atoms with Gasteiger partial charge in [-0.05, 0) is 19.1 Å². The average Bonchev–Trinajstić information content (AvgIpc) is 2.64. The Morgan fingerprint density at radius 2 is 2.47 bits per heavy atom. The van der Waals surface area contributed by atoms with E-state index in [1.807, 2.05) is 12.3 Å². The maximum atomic E-state index is 10.3. The molecule has 1 rings (SSSR count). The largest absolute Gasteiger partial charge is 0.448 e. The molecule has 84 valence electrons. The summed E-state index contributed by atoms with van der Waals surface area (Å²) >= 11 is 0. The summed E-state index contributed by atoms with van der Waals surface area (Å²) in [5.74, 6) is 0. The van der Waals surface area contributed by atoms with Crippen molar-refractivity contribution in [3.05, 3.63) is 24.0 Å². The van der Waals surface area contributed by atoms with E-state index in [9.17, 15) is 4.79 Å². The van der Waals surface area contributed by atoms with E-state index in [4.69, 9.17) is 5.73 Å². The molecule has 0 fully saturated rings. The third-order valence-electron chi connectivity index (χ3n) is 2.09. The van der Waals surface area contributed by atoms with Gasteiger partial charge in [-0.2, -0.15) is 0 Å². The van der Waals surface area contributed by atoms with Crippen LogP contribution in [0.25, 0.3) is 0 Å². The summed E-state index contributed by atoms with van der Waals surface area (Å²) in [6, 6.07) is 4.08. The van der Waals surface area contributed by atoms with Crippen LogP contribution >= 0.6 is 0 Å². The van der Waals surface area contributed by atoms with Crippen molar-refractivity contribution in [1.29, 1.82) is 0 Å². The van der Waals surface area contributed by atoms with E-state index in [1.165, 1.54) is 5.69 Å². The van der Waals surface area contributed by atoms with Crippen molar-refractivity contribution in [3.8, 4) is 0 Å². The smallest absolute Gasteiger partial charge is 0.404 e. The Kier molecular flexibility index (Phi) is 4.70. The van der Waals surface area contributed by atoms with E-state index in [0.29, 0.717) is 13.2 Å². The molecular weight excluding hydrogens is 194 g/mol. The molecule has 0 aromatic carbocycles. The summed E-state index contributed by atoms with van der Waals surface area (Å²) in [7, 11) is 0. The predicted molar refractivity (Wildman–Crippen MR) is 57.3 cm³/mol. The minimum Gasteiger partial charge on any atom is -0.448 e. The zero-order valence-corrected chi connectivity index (χ0v) is 8.90. The molecule has 5 nitrogen and oxygen atoms in total. The summed E-state index contributed by atoms with van der Waals surface area (Å²) in [5.41, 5.74) is 6.04. The van der Waals surface area contributed by atoms with Crippen LogP contribution in [-0.2, 0) is 17.8 Å². The number of aryl methyl sites for hydroxylation is 1. The zero-order chi connectivity index (χ0) is 11.1. The number of carbonyl (C=O) groups is 1. The molecule has 5 heteroatoms. The standard InChI is InChI=1S/C10H17N3O2/c1-2-13-6-3-4-9(13)8-12-5-7-15-10(11)14/h3-4,6,12H,2,5,7-8H2,1H3,(H2,11,14). The first-order chi connectivity index (χ1) is 7.24. The van der Waals surface area contributed by atoms with E-state index in [1.54, 1.807) is 0 Å². The third kappa shape index (κ3) is 4.03. The van der Waals surface area contributed by atoms with Gasteiger partial charge in [-0.25, -0.2) is 4.79 Å². The van der Waals surface area contributed by atoms with Crippen LogP contribution in [0.3, 0.4) is 0 Å². The zero-order valence-electron chi connectivity index (χ0n) is 8.90. The fourth-order valence-corrected chi connectivity index (χ4v) is 1.36. The highest BCUT2D eigenvalue weighted by Gasteiger charge is 1.98. The number of nitrogens with zero attached hydrogens (tertiary/aromatic N) is 1. The second-order valence-electron chi connectivity index (χ2n) is 3.13. The topological polar surface area (TPSA) is 69.3 Å². The van der Waals surface area contributed by atoms with Crippen LogP contribution < -0.4 is 11.1 Å². The molecule has 1 aromatic heterocycles. The Morgan fingerprint density at radius 1 is 1.67 bits per heavy atom. The van der Waals surface area contributed by atoms with Crippen molar-refractivity contribution < 1.29 is 9.53 Å². The SMILES string of the molecule is CCn1cccc1CNCCOC(N)=O. The van der Waals surface area contributed by atoms with Crippen molar-refractivity contribution in [3.63, 3.8) is 0 Å². The second kappa shape index (κ2) is 6.08. The van der Waals surface area contributed by atoms with Gasteiger partial charge in [0, 0.05) is 31.5 Å². The van der Waals surface area contributed by atoms with Crippen molar-refractivity contribution >= 4 is 6.09 Å². The fourth-order valence-electron chi connectivity index (χ4n) is 1.36. The van der Waals surface area contributed by atoms with Crippen LogP contribution in [0, 0.1) is 0 Å². The molecule has 1 aromatic rings. The number of amides is 1. The lowest BCUT2D eigenvalue weighted by atomic mass is 10.4. The maximum absolute atomic E-state index is 10.3. The van der Waals surface area contributed by atoms with E-state index in [-0.39, 0.29) is 0 Å². The molecule has 0 aliphatic carbocycles. The van der Waals surface area contributed by atoms with Crippen LogP contribution in [-0.4, -0.2) is 23.8 Å². The molecule has 1 heterocycles. The molecule has 3 N–H and O–H groups in total. The van der Waals surface area contributed by atoms with Crippen LogP contribution in [0.4, 0.5) is 4.79 Å². The number of nitrogens with one attached hydrogen (secondary N) is 1. The Bertz CT molecular complexity index is 309. The maximum Gasteiger partial charge on any atom is 0.404 e. The lowest BCUT2D eigenvalue weighted by Gasteiger charge is -2.07. The van der Waals surface area contributed by atoms with Crippen LogP contribution in [0.2, 0.25) is 0 Å². The highest BCUT2D eigenvalue weighted by molar-refractivity contribution is 5.64. The molecule has 0 spiro atoms. The molecule has 0 aliphatic heterocycles. The number of hydrogen-bond donors (Lipinski definition) is 2. The van der Waals surface area contributed by atoms with E-state index < -0.39 is 6.09 Å². The predicted octanol–water partition coefficient (Wildman–Crippen LogP) is 0.693. The highest BCUT2D eigenvalue weighted by Crippen LogP contribution is 2.00. The van der Waals surface area contributed by atoms with Gasteiger partial charge in [-0.1, -0.05) is 0 Å². The van der Waals surface area contributed by atoms with Crippen molar-refractivity contribution in [2.24, 2.45) is 5.73 Å². The van der Waals surface area contributed by atoms with Gasteiger partial charge in [0.15, 0.2) is 0 Å². The molecule has 15 heavy (non-hydrogen) atoms. The Balaban J connectivity index is 2.17. The van der Waals surface area contributed by atoms with Gasteiger partial charge in [0.1, 0.15) is 6.61 Å². The lowest BCUT2D eigenvalue weighted by molar-refractivity contribution is 0.157. The van der Waals surface area contributed by atoms with Crippen LogP contribution in [0.15, 0.2) is 18.3 Å². The molecule has 0 saturated heterocycles. The molecular formula is C10H17N3O2. The minimum atomic E-state index is -0.728. The highest BCUT2D eigenvalue weighted by atomic mass is 16.5. The number of rotatable bonds is 6. The van der Waals surface area contributed by atoms with Gasteiger partial charge in [-0.3, -0.25) is 0 Å². The Hall–Kier alpha value is -1.49. The quantitative estimate of drug-likeness (QED) is 0.680. The lowest BCUT2D eigenvalue weighted by Crippen LogP contribution is -2.24. The number of nitrogens with two attached hydrogens (primary N) is 1. The van der Waals surface area contributed by atoms with E-state index >= 15 is 0 Å². The minimum absolute atomic E-state index is 0.308. The van der Waals surface area contributed by atoms with Crippen molar-refractivity contribution in [1.82, 2.24) is 9.88 Å². The van der Waals surface area contributed by atoms with Crippen LogP contribution in [0.1, 0.15) is 12.6 Å². The first kappa shape index (κ1) is 11.6. The molecule has 0 aliphatic rings. The molecule has 0 radical (unpaired) electrons. The van der Waals surface area contributed by atoms with Gasteiger partial charge >= 0.3 is 6.09 Å². The number of primary amides is 1. The van der Waals surface area contributed by atoms with Gasteiger partial charge in [0.2, 0.25) is 0 Å². The molecule has 0 unspecified atom stereocenters. The van der Waals surface area contributed by atoms with Crippen molar-refractivity contribution in [2.75, 3.05) is 13.2 Å². The first-order valence-corrected chi connectivity index (χ1v) is 5.01. The monoisotopic (exact) mass is 211 g/mol. The van der Waals surface area contributed by atoms with Crippen molar-refractivity contribution in [2.45, 2.75) is 20.0 Å². The summed E-state index contributed by atoms with van der Waals surface area (Å²) < 4.78 is 6.74. The van der Waals surface area contributed by atoms with E-state index in [2.05, 4.69) is 27.6 Å². The summed E-state index contributed by atoms with van der Waals surface area (Å²) in [4.78, 5) is 10.3. The number of hydrogen-bond acceptors (Lipinski definition) is 3. The number of carbonyl (C=O) groups excluding carboxylic acids is 1. The van der Waals surface area contributed by atoms with Gasteiger partial charge in [0.05, 0.1) is 0 Å². The van der Waals surface area contributed by atoms with Gasteiger partial charge < -0.3 is 20.4 Å². The van der Waals surface area contributed by atoms with E-state index in [0.717, 1.165) is 13.1 Å². The average molecular weight is 211 g/mol. The molecule has 0 bridgehead atoms. The molecule has 1 amide bonds. The first-order valence-electron chi connectivity index (χ1n) is 5.01.